The maximum absolute atomic E-state index is 11.9. The lowest BCUT2D eigenvalue weighted by molar-refractivity contribution is -0.150. The topological polar surface area (TPSA) is 55.4 Å². The molecule has 0 saturated heterocycles. The fraction of sp³-hybridized carbons (Fsp3) is 0.467. The van der Waals surface area contributed by atoms with Crippen LogP contribution in [0.5, 0.6) is 0 Å². The Hall–Kier alpha value is -1.84. The minimum Gasteiger partial charge on any atom is -0.453 e. The molecule has 1 amide bonds. The highest BCUT2D eigenvalue weighted by Gasteiger charge is 2.21. The lowest BCUT2D eigenvalue weighted by Crippen LogP contribution is -2.30. The zero-order valence-electron chi connectivity index (χ0n) is 12.1. The molecule has 104 valence electrons. The van der Waals surface area contributed by atoms with E-state index in [2.05, 4.69) is 26.1 Å². The summed E-state index contributed by atoms with van der Waals surface area (Å²) in [6.45, 7) is 9.07. The number of para-hydroxylation sites is 1. The Bertz CT molecular complexity index is 475. The van der Waals surface area contributed by atoms with Crippen molar-refractivity contribution in [3.8, 4) is 0 Å². The third-order valence-electron chi connectivity index (χ3n) is 2.70. The Labute approximate surface area is 114 Å². The number of amides is 1. The van der Waals surface area contributed by atoms with Gasteiger partial charge in [-0.05, 0) is 24.0 Å². The van der Waals surface area contributed by atoms with Crippen LogP contribution >= 0.6 is 0 Å². The van der Waals surface area contributed by atoms with Crippen molar-refractivity contribution in [1.29, 1.82) is 0 Å². The van der Waals surface area contributed by atoms with Crippen LogP contribution in [0.15, 0.2) is 24.3 Å². The number of hydrogen-bond acceptors (Lipinski definition) is 3. The molecule has 1 rings (SSSR count). The van der Waals surface area contributed by atoms with Crippen LogP contribution in [0.2, 0.25) is 0 Å². The Balaban J connectivity index is 2.88. The van der Waals surface area contributed by atoms with Crippen molar-refractivity contribution >= 4 is 17.6 Å². The Kier molecular flexibility index (Phi) is 4.70. The van der Waals surface area contributed by atoms with Crippen LogP contribution in [0.4, 0.5) is 5.69 Å². The monoisotopic (exact) mass is 263 g/mol. The first kappa shape index (κ1) is 15.2. The molecular formula is C15H21NO3. The molecule has 1 N–H and O–H groups in total. The highest BCUT2D eigenvalue weighted by molar-refractivity contribution is 5.95. The molecular weight excluding hydrogens is 242 g/mol. The average molecular weight is 263 g/mol. The summed E-state index contributed by atoms with van der Waals surface area (Å²) in [7, 11) is 0. The van der Waals surface area contributed by atoms with Crippen LogP contribution in [-0.4, -0.2) is 18.0 Å². The molecule has 1 aromatic carbocycles. The van der Waals surface area contributed by atoms with E-state index < -0.39 is 12.1 Å². The molecule has 0 spiro atoms. The predicted molar refractivity (Wildman–Crippen MR) is 75.0 cm³/mol. The van der Waals surface area contributed by atoms with E-state index in [1.165, 1.54) is 6.92 Å². The highest BCUT2D eigenvalue weighted by atomic mass is 16.5. The van der Waals surface area contributed by atoms with E-state index >= 15 is 0 Å². The molecule has 0 aliphatic heterocycles. The summed E-state index contributed by atoms with van der Waals surface area (Å²) in [6.07, 6.45) is -0.800. The van der Waals surface area contributed by atoms with E-state index in [0.717, 1.165) is 11.3 Å². The molecule has 0 fully saturated rings. The fourth-order valence-electron chi connectivity index (χ4n) is 1.78. The summed E-state index contributed by atoms with van der Waals surface area (Å²) < 4.78 is 4.86. The Morgan fingerprint density at radius 2 is 1.79 bits per heavy atom. The second-order valence-corrected chi connectivity index (χ2v) is 5.54. The summed E-state index contributed by atoms with van der Waals surface area (Å²) in [5.74, 6) is -0.793. The second kappa shape index (κ2) is 5.87. The van der Waals surface area contributed by atoms with Crippen molar-refractivity contribution in [2.24, 2.45) is 0 Å². The molecule has 0 aliphatic carbocycles. The van der Waals surface area contributed by atoms with Gasteiger partial charge in [-0.3, -0.25) is 9.59 Å². The van der Waals surface area contributed by atoms with E-state index in [9.17, 15) is 9.59 Å². The maximum atomic E-state index is 11.9. The first-order valence-corrected chi connectivity index (χ1v) is 6.29. The van der Waals surface area contributed by atoms with E-state index in [1.807, 2.05) is 24.3 Å². The molecule has 0 unspecified atom stereocenters. The fourth-order valence-corrected chi connectivity index (χ4v) is 1.78. The van der Waals surface area contributed by atoms with Crippen molar-refractivity contribution in [1.82, 2.24) is 0 Å². The van der Waals surface area contributed by atoms with Gasteiger partial charge in [-0.25, -0.2) is 0 Å². The molecule has 0 heterocycles. The number of rotatable bonds is 3. The number of carbonyl (C=O) groups excluding carboxylic acids is 2. The molecule has 0 aliphatic rings. The first-order chi connectivity index (χ1) is 8.71. The number of esters is 1. The van der Waals surface area contributed by atoms with Crippen molar-refractivity contribution in [2.75, 3.05) is 5.32 Å². The summed E-state index contributed by atoms with van der Waals surface area (Å²) in [6, 6.07) is 7.62. The molecule has 4 heteroatoms. The molecule has 19 heavy (non-hydrogen) atoms. The maximum Gasteiger partial charge on any atom is 0.303 e. The quantitative estimate of drug-likeness (QED) is 0.853. The molecule has 1 aromatic rings. The Morgan fingerprint density at radius 1 is 1.21 bits per heavy atom. The molecule has 1 atom stereocenters. The van der Waals surface area contributed by atoms with Crippen LogP contribution in [0, 0.1) is 0 Å². The van der Waals surface area contributed by atoms with Crippen LogP contribution in [0.25, 0.3) is 0 Å². The van der Waals surface area contributed by atoms with Crippen LogP contribution < -0.4 is 5.32 Å². The zero-order chi connectivity index (χ0) is 14.6. The molecule has 0 radical (unpaired) electrons. The third kappa shape index (κ3) is 4.39. The smallest absolute Gasteiger partial charge is 0.303 e. The predicted octanol–water partition coefficient (Wildman–Crippen LogP) is 2.87. The largest absolute Gasteiger partial charge is 0.453 e. The van der Waals surface area contributed by atoms with Gasteiger partial charge in [0.25, 0.3) is 5.91 Å². The van der Waals surface area contributed by atoms with Gasteiger partial charge in [0.2, 0.25) is 0 Å². The molecule has 0 bridgehead atoms. The van der Waals surface area contributed by atoms with Crippen LogP contribution in [0.3, 0.4) is 0 Å². The van der Waals surface area contributed by atoms with Crippen molar-refractivity contribution in [3.63, 3.8) is 0 Å². The van der Waals surface area contributed by atoms with Gasteiger partial charge >= 0.3 is 5.97 Å². The lowest BCUT2D eigenvalue weighted by Gasteiger charge is -2.23. The number of carbonyl (C=O) groups is 2. The highest BCUT2D eigenvalue weighted by Crippen LogP contribution is 2.29. The summed E-state index contributed by atoms with van der Waals surface area (Å²) in [5, 5.41) is 2.81. The lowest BCUT2D eigenvalue weighted by atomic mass is 9.86. The van der Waals surface area contributed by atoms with Crippen molar-refractivity contribution < 1.29 is 14.3 Å². The number of hydrogen-bond donors (Lipinski definition) is 1. The van der Waals surface area contributed by atoms with Gasteiger partial charge in [0.05, 0.1) is 0 Å². The average Bonchev–Trinajstić information content (AvgIpc) is 2.27. The van der Waals surface area contributed by atoms with Gasteiger partial charge in [-0.1, -0.05) is 39.0 Å². The van der Waals surface area contributed by atoms with Gasteiger partial charge in [-0.2, -0.15) is 0 Å². The van der Waals surface area contributed by atoms with Gasteiger partial charge in [0.1, 0.15) is 0 Å². The second-order valence-electron chi connectivity index (χ2n) is 5.54. The minimum atomic E-state index is -0.800. The SMILES string of the molecule is CC(=O)O[C@@H](C)C(=O)Nc1ccccc1C(C)(C)C. The number of anilines is 1. The van der Waals surface area contributed by atoms with E-state index in [4.69, 9.17) is 4.74 Å². The summed E-state index contributed by atoms with van der Waals surface area (Å²) in [4.78, 5) is 22.8. The van der Waals surface area contributed by atoms with Crippen molar-refractivity contribution in [2.45, 2.75) is 46.1 Å². The minimum absolute atomic E-state index is 0.0749. The van der Waals surface area contributed by atoms with E-state index in [1.54, 1.807) is 6.92 Å². The van der Waals surface area contributed by atoms with Crippen molar-refractivity contribution in [3.05, 3.63) is 29.8 Å². The summed E-state index contributed by atoms with van der Waals surface area (Å²) >= 11 is 0. The molecule has 4 nitrogen and oxygen atoms in total. The van der Waals surface area contributed by atoms with E-state index in [-0.39, 0.29) is 11.3 Å². The normalized spacial score (nSPS) is 12.7. The molecule has 0 saturated carbocycles. The number of ether oxygens (including phenoxy) is 1. The summed E-state index contributed by atoms with van der Waals surface area (Å²) in [5.41, 5.74) is 1.71. The van der Waals surface area contributed by atoms with Gasteiger partial charge in [0.15, 0.2) is 6.10 Å². The Morgan fingerprint density at radius 3 is 2.32 bits per heavy atom. The third-order valence-corrected chi connectivity index (χ3v) is 2.70. The van der Waals surface area contributed by atoms with Crippen LogP contribution in [-0.2, 0) is 19.7 Å². The van der Waals surface area contributed by atoms with Crippen LogP contribution in [0.1, 0.15) is 40.2 Å². The van der Waals surface area contributed by atoms with Gasteiger partial charge < -0.3 is 10.1 Å². The number of benzene rings is 1. The molecule has 0 aromatic heterocycles. The number of nitrogens with one attached hydrogen (secondary N) is 1. The van der Waals surface area contributed by atoms with E-state index in [0.29, 0.717) is 0 Å². The standard InChI is InChI=1S/C15H21NO3/c1-10(19-11(2)17)14(18)16-13-9-7-6-8-12(13)15(3,4)5/h6-10H,1-5H3,(H,16,18)/t10-/m0/s1. The van der Waals surface area contributed by atoms with Gasteiger partial charge in [0, 0.05) is 12.6 Å². The zero-order valence-corrected chi connectivity index (χ0v) is 12.1. The van der Waals surface area contributed by atoms with Gasteiger partial charge in [-0.15, -0.1) is 0 Å². The first-order valence-electron chi connectivity index (χ1n) is 6.29.